The van der Waals surface area contributed by atoms with Crippen molar-refractivity contribution in [2.45, 2.75) is 16.7 Å². The first-order valence-electron chi connectivity index (χ1n) is 6.45. The molecule has 0 heterocycles. The van der Waals surface area contributed by atoms with Crippen LogP contribution in [0.25, 0.3) is 0 Å². The minimum absolute atomic E-state index is 0.204. The summed E-state index contributed by atoms with van der Waals surface area (Å²) in [7, 11) is -2.04. The molecule has 0 radical (unpaired) electrons. The normalized spacial score (nSPS) is 11.1. The van der Waals surface area contributed by atoms with E-state index in [4.69, 9.17) is 4.74 Å². The van der Waals surface area contributed by atoms with E-state index in [1.165, 1.54) is 19.2 Å². The summed E-state index contributed by atoms with van der Waals surface area (Å²) in [5.41, 5.74) is 0.547. The summed E-state index contributed by atoms with van der Waals surface area (Å²) in [6.07, 6.45) is 0. The molecular formula is C15H17NO3S2. The molecule has 0 aliphatic heterocycles. The number of sulfonamides is 1. The zero-order valence-corrected chi connectivity index (χ0v) is 13.5. The summed E-state index contributed by atoms with van der Waals surface area (Å²) in [5.74, 6) is 1.60. The maximum atomic E-state index is 12.3. The van der Waals surface area contributed by atoms with Crippen LogP contribution >= 0.6 is 11.8 Å². The van der Waals surface area contributed by atoms with Crippen molar-refractivity contribution in [2.24, 2.45) is 0 Å². The number of methoxy groups -OCH3 is 1. The minimum atomic E-state index is -3.58. The third-order valence-corrected chi connectivity index (χ3v) is 5.08. The van der Waals surface area contributed by atoms with E-state index in [0.29, 0.717) is 11.4 Å². The number of benzene rings is 2. The minimum Gasteiger partial charge on any atom is -0.497 e. The van der Waals surface area contributed by atoms with Crippen molar-refractivity contribution in [1.29, 1.82) is 0 Å². The van der Waals surface area contributed by atoms with Gasteiger partial charge in [-0.05, 0) is 54.3 Å². The molecule has 0 saturated carbocycles. The maximum Gasteiger partial charge on any atom is 0.261 e. The predicted molar refractivity (Wildman–Crippen MR) is 86.6 cm³/mol. The van der Waals surface area contributed by atoms with Gasteiger partial charge in [0.25, 0.3) is 10.0 Å². The Morgan fingerprint density at radius 3 is 2.19 bits per heavy atom. The van der Waals surface area contributed by atoms with Crippen LogP contribution in [0.3, 0.4) is 0 Å². The van der Waals surface area contributed by atoms with Crippen molar-refractivity contribution in [3.05, 3.63) is 48.5 Å². The van der Waals surface area contributed by atoms with Gasteiger partial charge >= 0.3 is 0 Å². The lowest BCUT2D eigenvalue weighted by atomic mass is 10.3. The lowest BCUT2D eigenvalue weighted by Crippen LogP contribution is -2.12. The fraction of sp³-hybridized carbons (Fsp3) is 0.200. The topological polar surface area (TPSA) is 55.4 Å². The Hall–Kier alpha value is -1.66. The Morgan fingerprint density at radius 1 is 1.05 bits per heavy atom. The molecule has 0 fully saturated rings. The summed E-state index contributed by atoms with van der Waals surface area (Å²) in [6, 6.07) is 13.6. The number of anilines is 1. The van der Waals surface area contributed by atoms with Gasteiger partial charge in [-0.2, -0.15) is 0 Å². The smallest absolute Gasteiger partial charge is 0.261 e. The molecule has 0 unspecified atom stereocenters. The number of hydrogen-bond donors (Lipinski definition) is 1. The summed E-state index contributed by atoms with van der Waals surface area (Å²) in [4.78, 5) is 1.32. The second-order valence-electron chi connectivity index (χ2n) is 4.24. The van der Waals surface area contributed by atoms with Gasteiger partial charge in [0.2, 0.25) is 0 Å². The van der Waals surface area contributed by atoms with Gasteiger partial charge in [0.05, 0.1) is 12.0 Å². The van der Waals surface area contributed by atoms with Crippen molar-refractivity contribution < 1.29 is 13.2 Å². The molecule has 1 N–H and O–H groups in total. The van der Waals surface area contributed by atoms with Crippen molar-refractivity contribution >= 4 is 27.5 Å². The summed E-state index contributed by atoms with van der Waals surface area (Å²) >= 11 is 1.71. The summed E-state index contributed by atoms with van der Waals surface area (Å²) < 4.78 is 32.1. The van der Waals surface area contributed by atoms with Crippen LogP contribution in [0.1, 0.15) is 6.92 Å². The van der Waals surface area contributed by atoms with Crippen LogP contribution in [0.4, 0.5) is 5.69 Å². The van der Waals surface area contributed by atoms with E-state index in [1.807, 2.05) is 12.1 Å². The van der Waals surface area contributed by atoms with E-state index in [1.54, 1.807) is 36.0 Å². The van der Waals surface area contributed by atoms with E-state index in [2.05, 4.69) is 11.6 Å². The highest BCUT2D eigenvalue weighted by molar-refractivity contribution is 7.99. The van der Waals surface area contributed by atoms with Crippen LogP contribution in [0.2, 0.25) is 0 Å². The average Bonchev–Trinajstić information content (AvgIpc) is 2.49. The number of rotatable bonds is 6. The van der Waals surface area contributed by atoms with Crippen molar-refractivity contribution in [3.63, 3.8) is 0 Å². The zero-order chi connectivity index (χ0) is 15.3. The molecule has 4 nitrogen and oxygen atoms in total. The Balaban J connectivity index is 2.16. The van der Waals surface area contributed by atoms with Crippen LogP contribution in [-0.2, 0) is 10.0 Å². The molecule has 0 spiro atoms. The van der Waals surface area contributed by atoms with E-state index >= 15 is 0 Å². The van der Waals surface area contributed by atoms with Crippen molar-refractivity contribution in [3.8, 4) is 5.75 Å². The molecule has 0 aliphatic carbocycles. The average molecular weight is 323 g/mol. The second-order valence-corrected chi connectivity index (χ2v) is 7.26. The molecule has 2 aromatic carbocycles. The molecular weight excluding hydrogens is 306 g/mol. The fourth-order valence-electron chi connectivity index (χ4n) is 1.75. The summed E-state index contributed by atoms with van der Waals surface area (Å²) in [6.45, 7) is 2.07. The number of nitrogens with one attached hydrogen (secondary N) is 1. The van der Waals surface area contributed by atoms with Crippen LogP contribution in [-0.4, -0.2) is 21.3 Å². The Kier molecular flexibility index (Phi) is 5.14. The second kappa shape index (κ2) is 6.87. The third kappa shape index (κ3) is 4.15. The lowest BCUT2D eigenvalue weighted by molar-refractivity contribution is 0.414. The fourth-order valence-corrected chi connectivity index (χ4v) is 3.48. The van der Waals surface area contributed by atoms with E-state index in [0.717, 1.165) is 10.6 Å². The first kappa shape index (κ1) is 15.7. The molecule has 112 valence electrons. The molecule has 0 bridgehead atoms. The van der Waals surface area contributed by atoms with Gasteiger partial charge in [0, 0.05) is 10.6 Å². The number of ether oxygens (including phenoxy) is 1. The number of hydrogen-bond acceptors (Lipinski definition) is 4. The van der Waals surface area contributed by atoms with Gasteiger partial charge in [-0.15, -0.1) is 11.8 Å². The van der Waals surface area contributed by atoms with Crippen molar-refractivity contribution in [1.82, 2.24) is 0 Å². The van der Waals surface area contributed by atoms with Gasteiger partial charge < -0.3 is 4.74 Å². The van der Waals surface area contributed by atoms with Crippen LogP contribution < -0.4 is 9.46 Å². The molecule has 21 heavy (non-hydrogen) atoms. The first-order valence-corrected chi connectivity index (χ1v) is 8.92. The van der Waals surface area contributed by atoms with Gasteiger partial charge in [0.15, 0.2) is 0 Å². The molecule has 0 aliphatic rings. The van der Waals surface area contributed by atoms with Gasteiger partial charge in [-0.25, -0.2) is 8.42 Å². The number of thioether (sulfide) groups is 1. The largest absolute Gasteiger partial charge is 0.497 e. The monoisotopic (exact) mass is 323 g/mol. The molecule has 2 aromatic rings. The SMILES string of the molecule is CCSc1ccc(NS(=O)(=O)c2ccc(OC)cc2)cc1. The Labute approximate surface area is 129 Å². The molecule has 0 aromatic heterocycles. The molecule has 6 heteroatoms. The molecule has 0 atom stereocenters. The van der Waals surface area contributed by atoms with Crippen molar-refractivity contribution in [2.75, 3.05) is 17.6 Å². The van der Waals surface area contributed by atoms with Crippen LogP contribution in [0, 0.1) is 0 Å². The molecule has 0 amide bonds. The standard InChI is InChI=1S/C15H17NO3S2/c1-3-20-14-8-4-12(5-9-14)16-21(17,18)15-10-6-13(19-2)7-11-15/h4-11,16H,3H2,1-2H3. The van der Waals surface area contributed by atoms with Gasteiger partial charge in [-0.1, -0.05) is 6.92 Å². The molecule has 2 rings (SSSR count). The van der Waals surface area contributed by atoms with E-state index < -0.39 is 10.0 Å². The van der Waals surface area contributed by atoms with Gasteiger partial charge in [0.1, 0.15) is 5.75 Å². The molecule has 0 saturated heterocycles. The summed E-state index contributed by atoms with van der Waals surface area (Å²) in [5, 5.41) is 0. The third-order valence-electron chi connectivity index (χ3n) is 2.79. The van der Waals surface area contributed by atoms with Crippen LogP contribution in [0.5, 0.6) is 5.75 Å². The van der Waals surface area contributed by atoms with E-state index in [-0.39, 0.29) is 4.90 Å². The predicted octanol–water partition coefficient (Wildman–Crippen LogP) is 3.61. The first-order chi connectivity index (χ1) is 10.0. The maximum absolute atomic E-state index is 12.3. The van der Waals surface area contributed by atoms with Crippen LogP contribution in [0.15, 0.2) is 58.3 Å². The lowest BCUT2D eigenvalue weighted by Gasteiger charge is -2.09. The Bertz CT molecular complexity index is 680. The van der Waals surface area contributed by atoms with Gasteiger partial charge in [-0.3, -0.25) is 4.72 Å². The quantitative estimate of drug-likeness (QED) is 0.825. The highest BCUT2D eigenvalue weighted by Gasteiger charge is 2.14. The highest BCUT2D eigenvalue weighted by Crippen LogP contribution is 2.22. The Morgan fingerprint density at radius 2 is 1.67 bits per heavy atom. The van der Waals surface area contributed by atoms with E-state index in [9.17, 15) is 8.42 Å². The highest BCUT2D eigenvalue weighted by atomic mass is 32.2. The zero-order valence-electron chi connectivity index (χ0n) is 11.9.